The van der Waals surface area contributed by atoms with E-state index in [1.807, 2.05) is 30.0 Å². The fourth-order valence-corrected chi connectivity index (χ4v) is 2.35. The SMILES string of the molecule is Br.C[C@@H]1CONCCN1C(=O)c1ccccc1-n1nccn1. The zero-order valence-corrected chi connectivity index (χ0v) is 13.9. The highest BCUT2D eigenvalue weighted by Gasteiger charge is 2.25. The molecule has 2 heterocycles. The molecule has 1 saturated heterocycles. The Morgan fingerprint density at radius 1 is 1.32 bits per heavy atom. The third kappa shape index (κ3) is 3.34. The average molecular weight is 368 g/mol. The Labute approximate surface area is 139 Å². The molecule has 2 aromatic rings. The van der Waals surface area contributed by atoms with E-state index in [2.05, 4.69) is 15.7 Å². The standard InChI is InChI=1S/C14H17N5O2.BrH/c1-11-10-21-17-8-9-18(11)14(20)12-4-2-3-5-13(12)19-15-6-7-16-19;/h2-7,11,17H,8-10H2,1H3;1H/t11-;/m1./s1. The van der Waals surface area contributed by atoms with Crippen LogP contribution >= 0.6 is 17.0 Å². The molecule has 1 aromatic carbocycles. The van der Waals surface area contributed by atoms with Gasteiger partial charge in [-0.1, -0.05) is 12.1 Å². The molecule has 1 atom stereocenters. The number of nitrogens with one attached hydrogen (secondary N) is 1. The summed E-state index contributed by atoms with van der Waals surface area (Å²) in [5.74, 6) is -0.0392. The molecule has 3 rings (SSSR count). The third-order valence-electron chi connectivity index (χ3n) is 3.44. The summed E-state index contributed by atoms with van der Waals surface area (Å²) < 4.78 is 0. The van der Waals surface area contributed by atoms with E-state index in [0.717, 1.165) is 0 Å². The summed E-state index contributed by atoms with van der Waals surface area (Å²) >= 11 is 0. The molecule has 118 valence electrons. The zero-order chi connectivity index (χ0) is 14.7. The predicted octanol–water partition coefficient (Wildman–Crippen LogP) is 1.21. The molecule has 0 spiro atoms. The summed E-state index contributed by atoms with van der Waals surface area (Å²) in [5, 5.41) is 8.22. The van der Waals surface area contributed by atoms with Crippen molar-refractivity contribution in [3.63, 3.8) is 0 Å². The summed E-state index contributed by atoms with van der Waals surface area (Å²) in [6, 6.07) is 7.35. The second-order valence-electron chi connectivity index (χ2n) is 4.89. The van der Waals surface area contributed by atoms with Crippen molar-refractivity contribution >= 4 is 22.9 Å². The van der Waals surface area contributed by atoms with Crippen molar-refractivity contribution in [2.75, 3.05) is 19.7 Å². The van der Waals surface area contributed by atoms with Gasteiger partial charge in [0.25, 0.3) is 5.91 Å². The first-order valence-electron chi connectivity index (χ1n) is 6.88. The lowest BCUT2D eigenvalue weighted by Crippen LogP contribution is -2.41. The van der Waals surface area contributed by atoms with Crippen LogP contribution in [0, 0.1) is 0 Å². The fraction of sp³-hybridized carbons (Fsp3) is 0.357. The summed E-state index contributed by atoms with van der Waals surface area (Å²) in [6.07, 6.45) is 3.18. The van der Waals surface area contributed by atoms with E-state index in [4.69, 9.17) is 4.84 Å². The van der Waals surface area contributed by atoms with Crippen LogP contribution in [0.5, 0.6) is 0 Å². The number of hydroxylamine groups is 1. The lowest BCUT2D eigenvalue weighted by atomic mass is 10.1. The number of aromatic nitrogens is 3. The Bertz CT molecular complexity index is 619. The highest BCUT2D eigenvalue weighted by Crippen LogP contribution is 2.17. The molecule has 8 heteroatoms. The maximum atomic E-state index is 12.9. The molecule has 1 fully saturated rings. The maximum absolute atomic E-state index is 12.9. The number of hydrogen-bond acceptors (Lipinski definition) is 5. The highest BCUT2D eigenvalue weighted by atomic mass is 79.9. The second kappa shape index (κ2) is 7.48. The van der Waals surface area contributed by atoms with Crippen molar-refractivity contribution in [1.29, 1.82) is 0 Å². The van der Waals surface area contributed by atoms with Crippen molar-refractivity contribution in [1.82, 2.24) is 25.4 Å². The number of para-hydroxylation sites is 1. The van der Waals surface area contributed by atoms with E-state index in [9.17, 15) is 4.79 Å². The van der Waals surface area contributed by atoms with Gasteiger partial charge in [0, 0.05) is 13.1 Å². The second-order valence-corrected chi connectivity index (χ2v) is 4.89. The topological polar surface area (TPSA) is 72.3 Å². The number of halogens is 1. The molecule has 0 radical (unpaired) electrons. The van der Waals surface area contributed by atoms with Crippen LogP contribution in [0.25, 0.3) is 5.69 Å². The van der Waals surface area contributed by atoms with E-state index < -0.39 is 0 Å². The molecule has 1 aliphatic heterocycles. The number of amides is 1. The number of benzene rings is 1. The fourth-order valence-electron chi connectivity index (χ4n) is 2.35. The van der Waals surface area contributed by atoms with Gasteiger partial charge in [-0.15, -0.1) is 17.0 Å². The number of rotatable bonds is 2. The Hall–Kier alpha value is -1.77. The minimum atomic E-state index is -0.0392. The highest BCUT2D eigenvalue weighted by molar-refractivity contribution is 8.93. The van der Waals surface area contributed by atoms with Gasteiger partial charge in [0.15, 0.2) is 0 Å². The van der Waals surface area contributed by atoms with E-state index in [-0.39, 0.29) is 28.9 Å². The first-order valence-corrected chi connectivity index (χ1v) is 6.88. The smallest absolute Gasteiger partial charge is 0.256 e. The van der Waals surface area contributed by atoms with Gasteiger partial charge < -0.3 is 4.90 Å². The average Bonchev–Trinajstić information content (AvgIpc) is 2.96. The third-order valence-corrected chi connectivity index (χ3v) is 3.44. The van der Waals surface area contributed by atoms with E-state index in [1.54, 1.807) is 18.5 Å². The lowest BCUT2D eigenvalue weighted by molar-refractivity contribution is 0.0346. The number of hydrogen-bond donors (Lipinski definition) is 1. The maximum Gasteiger partial charge on any atom is 0.256 e. The van der Waals surface area contributed by atoms with Gasteiger partial charge in [-0.3, -0.25) is 9.63 Å². The molecule has 1 N–H and O–H groups in total. The van der Waals surface area contributed by atoms with Crippen LogP contribution in [-0.4, -0.2) is 51.5 Å². The Kier molecular flexibility index (Phi) is 5.64. The van der Waals surface area contributed by atoms with Crippen molar-refractivity contribution in [2.45, 2.75) is 13.0 Å². The predicted molar refractivity (Wildman–Crippen MR) is 86.1 cm³/mol. The van der Waals surface area contributed by atoms with Gasteiger partial charge >= 0.3 is 0 Å². The molecule has 7 nitrogen and oxygen atoms in total. The van der Waals surface area contributed by atoms with Crippen LogP contribution in [0.15, 0.2) is 36.7 Å². The molecule has 22 heavy (non-hydrogen) atoms. The molecule has 0 saturated carbocycles. The van der Waals surface area contributed by atoms with Crippen molar-refractivity contribution in [2.24, 2.45) is 0 Å². The molecule has 1 aromatic heterocycles. The minimum absolute atomic E-state index is 0. The summed E-state index contributed by atoms with van der Waals surface area (Å²) in [7, 11) is 0. The Morgan fingerprint density at radius 2 is 2.05 bits per heavy atom. The summed E-state index contributed by atoms with van der Waals surface area (Å²) in [4.78, 5) is 21.4. The number of carbonyl (C=O) groups excluding carboxylic acids is 1. The Morgan fingerprint density at radius 3 is 2.82 bits per heavy atom. The Balaban J connectivity index is 0.00000176. The van der Waals surface area contributed by atoms with E-state index in [1.165, 1.54) is 4.80 Å². The van der Waals surface area contributed by atoms with Crippen molar-refractivity contribution in [3.8, 4) is 5.69 Å². The van der Waals surface area contributed by atoms with Crippen LogP contribution < -0.4 is 5.48 Å². The van der Waals surface area contributed by atoms with E-state index in [0.29, 0.717) is 30.9 Å². The lowest BCUT2D eigenvalue weighted by Gasteiger charge is -2.26. The minimum Gasteiger partial charge on any atom is -0.332 e. The molecule has 1 aliphatic rings. The number of nitrogens with zero attached hydrogens (tertiary/aromatic N) is 4. The molecular weight excluding hydrogens is 350 g/mol. The van der Waals surface area contributed by atoms with Gasteiger partial charge in [-0.05, 0) is 19.1 Å². The van der Waals surface area contributed by atoms with Crippen LogP contribution in [0.2, 0.25) is 0 Å². The van der Waals surface area contributed by atoms with Gasteiger partial charge in [-0.25, -0.2) is 5.48 Å². The van der Waals surface area contributed by atoms with Crippen LogP contribution in [0.3, 0.4) is 0 Å². The molecular formula is C14H18BrN5O2. The van der Waals surface area contributed by atoms with E-state index >= 15 is 0 Å². The van der Waals surface area contributed by atoms with Crippen molar-refractivity contribution in [3.05, 3.63) is 42.2 Å². The van der Waals surface area contributed by atoms with Crippen LogP contribution in [-0.2, 0) is 4.84 Å². The first kappa shape index (κ1) is 16.6. The van der Waals surface area contributed by atoms with Crippen LogP contribution in [0.4, 0.5) is 0 Å². The zero-order valence-electron chi connectivity index (χ0n) is 12.2. The molecule has 0 bridgehead atoms. The quantitative estimate of drug-likeness (QED) is 0.863. The summed E-state index contributed by atoms with van der Waals surface area (Å²) in [6.45, 7) is 3.65. The molecule has 0 aliphatic carbocycles. The van der Waals surface area contributed by atoms with Gasteiger partial charge in [-0.2, -0.15) is 15.0 Å². The first-order chi connectivity index (χ1) is 10.3. The monoisotopic (exact) mass is 367 g/mol. The van der Waals surface area contributed by atoms with Crippen molar-refractivity contribution < 1.29 is 9.63 Å². The normalized spacial score (nSPS) is 18.4. The summed E-state index contributed by atoms with van der Waals surface area (Å²) in [5.41, 5.74) is 4.10. The van der Waals surface area contributed by atoms with Gasteiger partial charge in [0.05, 0.1) is 36.3 Å². The molecule has 1 amide bonds. The van der Waals surface area contributed by atoms with Gasteiger partial charge in [0.2, 0.25) is 0 Å². The molecule has 0 unspecified atom stereocenters. The van der Waals surface area contributed by atoms with Gasteiger partial charge in [0.1, 0.15) is 0 Å². The number of carbonyl (C=O) groups is 1. The van der Waals surface area contributed by atoms with Crippen LogP contribution in [0.1, 0.15) is 17.3 Å². The largest absolute Gasteiger partial charge is 0.332 e.